The Labute approximate surface area is 70.4 Å². The average Bonchev–Trinajstić information content (AvgIpc) is 1.94. The molecule has 0 saturated carbocycles. The first kappa shape index (κ1) is 8.93. The summed E-state index contributed by atoms with van der Waals surface area (Å²) in [4.78, 5) is 9.92. The van der Waals surface area contributed by atoms with Crippen LogP contribution in [0.1, 0.15) is 13.8 Å². The summed E-state index contributed by atoms with van der Waals surface area (Å²) in [6.45, 7) is 3.20. The van der Waals surface area contributed by atoms with Gasteiger partial charge in [-0.05, 0) is 6.92 Å². The first-order valence-corrected chi connectivity index (χ1v) is 3.72. The number of aliphatic hydroxyl groups is 1. The monoisotopic (exact) mass is 169 g/mol. The molecule has 0 saturated heterocycles. The molecule has 1 N–H and O–H groups in total. The normalized spacial score (nSPS) is 34.6. The van der Waals surface area contributed by atoms with Gasteiger partial charge in [-0.15, -0.1) is 0 Å². The van der Waals surface area contributed by atoms with Gasteiger partial charge in [-0.25, -0.2) is 0 Å². The van der Waals surface area contributed by atoms with Crippen LogP contribution < -0.4 is 0 Å². The third-order valence-electron chi connectivity index (χ3n) is 2.26. The molecule has 0 spiro atoms. The molecule has 66 valence electrons. The lowest BCUT2D eigenvalue weighted by Gasteiger charge is -2.26. The number of nitrogens with zero attached hydrogens (tertiary/aromatic N) is 1. The third kappa shape index (κ3) is 1.25. The number of hydrogen-bond acceptors (Lipinski definition) is 3. The standard InChI is InChI=1S/C8H11NO3/c1-6-4-3-5-7(9(11)12)8(6,2)10/h3-6,10H,1-2H3. The second-order valence-corrected chi connectivity index (χ2v) is 3.13. The number of hydrogen-bond donors (Lipinski definition) is 1. The van der Waals surface area contributed by atoms with E-state index in [-0.39, 0.29) is 11.6 Å². The minimum atomic E-state index is -1.35. The van der Waals surface area contributed by atoms with Crippen molar-refractivity contribution >= 4 is 0 Å². The van der Waals surface area contributed by atoms with E-state index in [0.29, 0.717) is 0 Å². The van der Waals surface area contributed by atoms with Gasteiger partial charge in [-0.3, -0.25) is 10.1 Å². The molecule has 1 rings (SSSR count). The summed E-state index contributed by atoms with van der Waals surface area (Å²) in [5.74, 6) is -0.220. The lowest BCUT2D eigenvalue weighted by atomic mass is 9.84. The van der Waals surface area contributed by atoms with E-state index >= 15 is 0 Å². The Morgan fingerprint density at radius 3 is 2.75 bits per heavy atom. The molecule has 0 aromatic carbocycles. The SMILES string of the molecule is CC1C=CC=C([N+](=O)[O-])C1(C)O. The van der Waals surface area contributed by atoms with E-state index in [1.165, 1.54) is 13.0 Å². The molecule has 2 atom stereocenters. The van der Waals surface area contributed by atoms with E-state index in [2.05, 4.69) is 0 Å². The molecule has 1 aliphatic carbocycles. The molecule has 2 unspecified atom stereocenters. The van der Waals surface area contributed by atoms with Crippen molar-refractivity contribution < 1.29 is 10.0 Å². The number of nitro groups is 1. The molecular formula is C8H11NO3. The van der Waals surface area contributed by atoms with Crippen molar-refractivity contribution in [2.45, 2.75) is 19.4 Å². The van der Waals surface area contributed by atoms with Crippen LogP contribution in [-0.4, -0.2) is 15.6 Å². The van der Waals surface area contributed by atoms with Crippen molar-refractivity contribution in [2.24, 2.45) is 5.92 Å². The summed E-state index contributed by atoms with van der Waals surface area (Å²) in [7, 11) is 0. The van der Waals surface area contributed by atoms with Crippen LogP contribution in [0.2, 0.25) is 0 Å². The highest BCUT2D eigenvalue weighted by Gasteiger charge is 2.41. The van der Waals surface area contributed by atoms with Crippen molar-refractivity contribution in [2.75, 3.05) is 0 Å². The predicted octanol–water partition coefficient (Wildman–Crippen LogP) is 1.10. The van der Waals surface area contributed by atoms with Crippen molar-refractivity contribution in [1.82, 2.24) is 0 Å². The minimum Gasteiger partial charge on any atom is -0.378 e. The maximum atomic E-state index is 10.5. The van der Waals surface area contributed by atoms with Crippen molar-refractivity contribution in [3.8, 4) is 0 Å². The Balaban J connectivity index is 3.06. The van der Waals surface area contributed by atoms with Gasteiger partial charge in [0.1, 0.15) is 0 Å². The highest BCUT2D eigenvalue weighted by molar-refractivity contribution is 5.24. The molecule has 0 heterocycles. The van der Waals surface area contributed by atoms with Gasteiger partial charge in [-0.2, -0.15) is 0 Å². The third-order valence-corrected chi connectivity index (χ3v) is 2.26. The van der Waals surface area contributed by atoms with E-state index in [1.807, 2.05) is 0 Å². The summed E-state index contributed by atoms with van der Waals surface area (Å²) < 4.78 is 0. The average molecular weight is 169 g/mol. The van der Waals surface area contributed by atoms with Crippen molar-refractivity contribution in [3.63, 3.8) is 0 Å². The van der Waals surface area contributed by atoms with Crippen LogP contribution in [-0.2, 0) is 0 Å². The topological polar surface area (TPSA) is 63.4 Å². The van der Waals surface area contributed by atoms with Crippen LogP contribution in [0.25, 0.3) is 0 Å². The quantitative estimate of drug-likeness (QED) is 0.472. The Morgan fingerprint density at radius 1 is 1.75 bits per heavy atom. The smallest absolute Gasteiger partial charge is 0.277 e. The molecule has 12 heavy (non-hydrogen) atoms. The minimum absolute atomic E-state index is 0.141. The largest absolute Gasteiger partial charge is 0.378 e. The fourth-order valence-electron chi connectivity index (χ4n) is 1.15. The summed E-state index contributed by atoms with van der Waals surface area (Å²) >= 11 is 0. The lowest BCUT2D eigenvalue weighted by molar-refractivity contribution is -0.445. The van der Waals surface area contributed by atoms with Gasteiger partial charge in [0.15, 0.2) is 5.60 Å². The molecule has 0 bridgehead atoms. The van der Waals surface area contributed by atoms with Crippen molar-refractivity contribution in [3.05, 3.63) is 34.0 Å². The van der Waals surface area contributed by atoms with Crippen LogP contribution in [0.3, 0.4) is 0 Å². The van der Waals surface area contributed by atoms with E-state index < -0.39 is 10.5 Å². The Kier molecular flexibility index (Phi) is 2.02. The number of rotatable bonds is 1. The molecule has 0 amide bonds. The van der Waals surface area contributed by atoms with E-state index in [1.54, 1.807) is 19.1 Å². The molecule has 0 aromatic rings. The molecule has 0 fully saturated rings. The Bertz CT molecular complexity index is 265. The first-order valence-electron chi connectivity index (χ1n) is 3.72. The molecule has 0 aromatic heterocycles. The second kappa shape index (κ2) is 2.71. The van der Waals surface area contributed by atoms with Gasteiger partial charge in [0.2, 0.25) is 0 Å². The summed E-state index contributed by atoms with van der Waals surface area (Å²) in [5.41, 5.74) is -1.49. The Morgan fingerprint density at radius 2 is 2.33 bits per heavy atom. The predicted molar refractivity (Wildman–Crippen MR) is 44.0 cm³/mol. The van der Waals surface area contributed by atoms with Crippen LogP contribution in [0, 0.1) is 16.0 Å². The van der Waals surface area contributed by atoms with Crippen LogP contribution in [0.4, 0.5) is 0 Å². The lowest BCUT2D eigenvalue weighted by Crippen LogP contribution is -2.38. The fraction of sp³-hybridized carbons (Fsp3) is 0.500. The molecule has 1 aliphatic rings. The van der Waals surface area contributed by atoms with Crippen molar-refractivity contribution in [1.29, 1.82) is 0 Å². The van der Waals surface area contributed by atoms with Crippen LogP contribution in [0.5, 0.6) is 0 Å². The maximum Gasteiger partial charge on any atom is 0.277 e. The van der Waals surface area contributed by atoms with Gasteiger partial charge < -0.3 is 5.11 Å². The second-order valence-electron chi connectivity index (χ2n) is 3.13. The molecule has 4 heteroatoms. The molecular weight excluding hydrogens is 158 g/mol. The highest BCUT2D eigenvalue weighted by atomic mass is 16.6. The number of allylic oxidation sites excluding steroid dienone is 2. The molecule has 0 radical (unpaired) electrons. The van der Waals surface area contributed by atoms with Gasteiger partial charge in [0, 0.05) is 12.0 Å². The van der Waals surface area contributed by atoms with Crippen LogP contribution in [0.15, 0.2) is 23.9 Å². The first-order chi connectivity index (χ1) is 5.46. The van der Waals surface area contributed by atoms with Gasteiger partial charge in [0.25, 0.3) is 5.70 Å². The summed E-state index contributed by atoms with van der Waals surface area (Å²) in [5, 5.41) is 20.2. The summed E-state index contributed by atoms with van der Waals surface area (Å²) in [6, 6.07) is 0. The molecule has 4 nitrogen and oxygen atoms in total. The van der Waals surface area contributed by atoms with Crippen LogP contribution >= 0.6 is 0 Å². The van der Waals surface area contributed by atoms with Gasteiger partial charge in [0.05, 0.1) is 4.92 Å². The van der Waals surface area contributed by atoms with E-state index in [0.717, 1.165) is 0 Å². The van der Waals surface area contributed by atoms with E-state index in [9.17, 15) is 15.2 Å². The van der Waals surface area contributed by atoms with E-state index in [4.69, 9.17) is 0 Å². The molecule has 0 aliphatic heterocycles. The highest BCUT2D eigenvalue weighted by Crippen LogP contribution is 2.30. The fourth-order valence-corrected chi connectivity index (χ4v) is 1.15. The Hall–Kier alpha value is -1.16. The zero-order valence-corrected chi connectivity index (χ0v) is 7.02. The van der Waals surface area contributed by atoms with Gasteiger partial charge in [-0.1, -0.05) is 19.1 Å². The summed E-state index contributed by atoms with van der Waals surface area (Å²) in [6.07, 6.45) is 4.67. The zero-order valence-electron chi connectivity index (χ0n) is 7.02. The zero-order chi connectivity index (χ0) is 9.35. The van der Waals surface area contributed by atoms with Gasteiger partial charge >= 0.3 is 0 Å². The maximum absolute atomic E-state index is 10.5.